The second-order valence-corrected chi connectivity index (χ2v) is 7.76. The zero-order valence-electron chi connectivity index (χ0n) is 15.3. The Labute approximate surface area is 169 Å². The molecule has 138 valence electrons. The van der Waals surface area contributed by atoms with Crippen LogP contribution in [0.4, 0.5) is 5.95 Å². The Bertz CT molecular complexity index is 859. The van der Waals surface area contributed by atoms with Gasteiger partial charge in [-0.15, -0.1) is 0 Å². The van der Waals surface area contributed by atoms with E-state index in [1.165, 1.54) is 15.6 Å². The Kier molecular flexibility index (Phi) is 5.80. The highest BCUT2D eigenvalue weighted by atomic mass is 79.9. The topological polar surface area (TPSA) is 32.3 Å². The van der Waals surface area contributed by atoms with Crippen molar-refractivity contribution in [1.29, 1.82) is 0 Å². The van der Waals surface area contributed by atoms with E-state index in [1.807, 2.05) is 18.5 Å². The van der Waals surface area contributed by atoms with E-state index < -0.39 is 0 Å². The molecule has 4 nitrogen and oxygen atoms in total. The molecule has 0 unspecified atom stereocenters. The number of nitrogens with zero attached hydrogens (tertiary/aromatic N) is 4. The highest BCUT2D eigenvalue weighted by Gasteiger charge is 2.19. The maximum absolute atomic E-state index is 4.61. The van der Waals surface area contributed by atoms with Gasteiger partial charge >= 0.3 is 0 Å². The van der Waals surface area contributed by atoms with Gasteiger partial charge in [-0.05, 0) is 22.8 Å². The van der Waals surface area contributed by atoms with E-state index in [1.54, 1.807) is 0 Å². The molecule has 1 aliphatic rings. The molecular formula is C22H23BrN4. The van der Waals surface area contributed by atoms with Crippen LogP contribution in [-0.4, -0.2) is 41.0 Å². The number of aromatic nitrogens is 2. The summed E-state index contributed by atoms with van der Waals surface area (Å²) in [5.74, 6) is 0.840. The fraction of sp³-hybridized carbons (Fsp3) is 0.273. The molecule has 0 radical (unpaired) electrons. The molecule has 3 aromatic rings. The van der Waals surface area contributed by atoms with E-state index >= 15 is 0 Å². The zero-order chi connectivity index (χ0) is 18.5. The summed E-state index contributed by atoms with van der Waals surface area (Å²) < 4.78 is 1.18. The van der Waals surface area contributed by atoms with Crippen molar-refractivity contribution in [3.63, 3.8) is 0 Å². The third-order valence-corrected chi connectivity index (χ3v) is 5.72. The maximum atomic E-state index is 4.61. The Morgan fingerprint density at radius 1 is 0.778 bits per heavy atom. The molecule has 4 rings (SSSR count). The Hall–Kier alpha value is -2.24. The van der Waals surface area contributed by atoms with Gasteiger partial charge in [0.25, 0.3) is 0 Å². The highest BCUT2D eigenvalue weighted by Crippen LogP contribution is 2.19. The monoisotopic (exact) mass is 422 g/mol. The van der Waals surface area contributed by atoms with Crippen molar-refractivity contribution in [3.05, 3.63) is 88.2 Å². The lowest BCUT2D eigenvalue weighted by molar-refractivity contribution is 0.248. The first kappa shape index (κ1) is 18.1. The molecule has 0 spiro atoms. The van der Waals surface area contributed by atoms with Crippen LogP contribution in [0.5, 0.6) is 0 Å². The van der Waals surface area contributed by atoms with Crippen LogP contribution in [-0.2, 0) is 13.0 Å². The van der Waals surface area contributed by atoms with E-state index in [2.05, 4.69) is 84.2 Å². The quantitative estimate of drug-likeness (QED) is 0.617. The Morgan fingerprint density at radius 2 is 1.44 bits per heavy atom. The van der Waals surface area contributed by atoms with Gasteiger partial charge in [0.15, 0.2) is 0 Å². The Morgan fingerprint density at radius 3 is 2.15 bits per heavy atom. The molecular weight excluding hydrogens is 400 g/mol. The molecule has 0 atom stereocenters. The van der Waals surface area contributed by atoms with Crippen molar-refractivity contribution >= 4 is 21.9 Å². The lowest BCUT2D eigenvalue weighted by Gasteiger charge is -2.34. The summed E-state index contributed by atoms with van der Waals surface area (Å²) in [6.07, 6.45) is 4.80. The van der Waals surface area contributed by atoms with Crippen LogP contribution < -0.4 is 4.90 Å². The minimum absolute atomic E-state index is 0.840. The van der Waals surface area contributed by atoms with Crippen molar-refractivity contribution in [1.82, 2.24) is 14.9 Å². The molecule has 27 heavy (non-hydrogen) atoms. The number of piperazine rings is 1. The summed E-state index contributed by atoms with van der Waals surface area (Å²) in [5.41, 5.74) is 3.78. The average molecular weight is 423 g/mol. The van der Waals surface area contributed by atoms with Crippen LogP contribution in [0.1, 0.15) is 16.7 Å². The van der Waals surface area contributed by atoms with Gasteiger partial charge in [-0.3, -0.25) is 4.90 Å². The van der Waals surface area contributed by atoms with Gasteiger partial charge in [0.2, 0.25) is 5.95 Å². The predicted molar refractivity (Wildman–Crippen MR) is 113 cm³/mol. The van der Waals surface area contributed by atoms with Gasteiger partial charge in [0.05, 0.1) is 0 Å². The van der Waals surface area contributed by atoms with Crippen LogP contribution >= 0.6 is 15.9 Å². The second kappa shape index (κ2) is 8.63. The number of hydrogen-bond donors (Lipinski definition) is 0. The van der Waals surface area contributed by atoms with Gasteiger partial charge in [0.1, 0.15) is 0 Å². The van der Waals surface area contributed by atoms with Crippen LogP contribution in [0.15, 0.2) is 71.5 Å². The number of halogens is 1. The lowest BCUT2D eigenvalue weighted by atomic mass is 10.1. The van der Waals surface area contributed by atoms with Crippen molar-refractivity contribution in [2.45, 2.75) is 13.0 Å². The Balaban J connectivity index is 1.32. The largest absolute Gasteiger partial charge is 0.338 e. The molecule has 0 N–H and O–H groups in total. The van der Waals surface area contributed by atoms with Gasteiger partial charge in [0, 0.05) is 56.0 Å². The van der Waals surface area contributed by atoms with Crippen LogP contribution in [0.3, 0.4) is 0 Å². The summed E-state index contributed by atoms with van der Waals surface area (Å²) >= 11 is 3.64. The van der Waals surface area contributed by atoms with Crippen molar-refractivity contribution in [3.8, 4) is 0 Å². The molecule has 1 fully saturated rings. The molecule has 0 aliphatic carbocycles. The SMILES string of the molecule is Brc1ccccc1CN1CCN(c2ncc(Cc3ccccc3)cn2)CC1. The highest BCUT2D eigenvalue weighted by molar-refractivity contribution is 9.10. The summed E-state index contributed by atoms with van der Waals surface area (Å²) in [6, 6.07) is 18.9. The van der Waals surface area contributed by atoms with E-state index in [-0.39, 0.29) is 0 Å². The number of rotatable bonds is 5. The normalized spacial score (nSPS) is 15.1. The lowest BCUT2D eigenvalue weighted by Crippen LogP contribution is -2.46. The first-order chi connectivity index (χ1) is 13.3. The molecule has 0 bridgehead atoms. The van der Waals surface area contributed by atoms with E-state index in [4.69, 9.17) is 0 Å². The zero-order valence-corrected chi connectivity index (χ0v) is 16.8. The fourth-order valence-electron chi connectivity index (χ4n) is 3.41. The van der Waals surface area contributed by atoms with Gasteiger partial charge in [-0.2, -0.15) is 0 Å². The molecule has 5 heteroatoms. The summed E-state index contributed by atoms with van der Waals surface area (Å²) in [4.78, 5) is 14.0. The first-order valence-corrected chi connectivity index (χ1v) is 10.1. The maximum Gasteiger partial charge on any atom is 0.225 e. The van der Waals surface area contributed by atoms with E-state index in [0.29, 0.717) is 0 Å². The van der Waals surface area contributed by atoms with Crippen LogP contribution in [0.25, 0.3) is 0 Å². The third-order valence-electron chi connectivity index (χ3n) is 4.95. The smallest absolute Gasteiger partial charge is 0.225 e. The number of hydrogen-bond acceptors (Lipinski definition) is 4. The van der Waals surface area contributed by atoms with E-state index in [9.17, 15) is 0 Å². The fourth-order valence-corrected chi connectivity index (χ4v) is 3.82. The van der Waals surface area contributed by atoms with Crippen molar-refractivity contribution < 1.29 is 0 Å². The number of benzene rings is 2. The molecule has 2 aromatic carbocycles. The van der Waals surface area contributed by atoms with Gasteiger partial charge in [-0.1, -0.05) is 64.5 Å². The molecule has 1 saturated heterocycles. The summed E-state index contributed by atoms with van der Waals surface area (Å²) in [6.45, 7) is 4.95. The van der Waals surface area contributed by atoms with E-state index in [0.717, 1.165) is 50.7 Å². The summed E-state index contributed by atoms with van der Waals surface area (Å²) in [5, 5.41) is 0. The molecule has 2 heterocycles. The summed E-state index contributed by atoms with van der Waals surface area (Å²) in [7, 11) is 0. The predicted octanol–water partition coefficient (Wildman–Crippen LogP) is 4.15. The second-order valence-electron chi connectivity index (χ2n) is 6.91. The molecule has 1 aliphatic heterocycles. The van der Waals surface area contributed by atoms with Crippen LogP contribution in [0.2, 0.25) is 0 Å². The molecule has 0 saturated carbocycles. The number of anilines is 1. The minimum Gasteiger partial charge on any atom is -0.338 e. The van der Waals surface area contributed by atoms with Crippen LogP contribution in [0, 0.1) is 0 Å². The standard InChI is InChI=1S/C22H23BrN4/c23-21-9-5-4-8-20(21)17-26-10-12-27(13-11-26)22-24-15-19(16-25-22)14-18-6-2-1-3-7-18/h1-9,15-16H,10-14,17H2. The van der Waals surface area contributed by atoms with Gasteiger partial charge in [-0.25, -0.2) is 9.97 Å². The molecule has 0 amide bonds. The third kappa shape index (κ3) is 4.73. The first-order valence-electron chi connectivity index (χ1n) is 9.33. The molecule has 1 aromatic heterocycles. The average Bonchev–Trinajstić information content (AvgIpc) is 2.72. The minimum atomic E-state index is 0.840. The van der Waals surface area contributed by atoms with Crippen molar-refractivity contribution in [2.24, 2.45) is 0 Å². The van der Waals surface area contributed by atoms with Crippen molar-refractivity contribution in [2.75, 3.05) is 31.1 Å². The van der Waals surface area contributed by atoms with Gasteiger partial charge < -0.3 is 4.90 Å².